The SMILES string of the molecule is COc1ccc2c(c1)CCC=C2N(C(=O)c1cc(OC)ccc1OC)c1ccc(O[Si](C)(C)C(C)(C)C)cc1. The largest absolute Gasteiger partial charge is 0.544 e. The maximum absolute atomic E-state index is 14.4. The molecule has 0 unspecified atom stereocenters. The first-order valence-electron chi connectivity index (χ1n) is 13.2. The number of aryl methyl sites for hydroxylation is 1. The molecule has 3 aromatic carbocycles. The van der Waals surface area contributed by atoms with Gasteiger partial charge in [-0.05, 0) is 97.2 Å². The van der Waals surface area contributed by atoms with E-state index in [0.29, 0.717) is 17.1 Å². The van der Waals surface area contributed by atoms with Gasteiger partial charge in [0.2, 0.25) is 8.32 Å². The lowest BCUT2D eigenvalue weighted by Gasteiger charge is -2.36. The van der Waals surface area contributed by atoms with Crippen molar-refractivity contribution in [2.45, 2.75) is 51.7 Å². The number of methoxy groups -OCH3 is 3. The van der Waals surface area contributed by atoms with Gasteiger partial charge in [0.05, 0.1) is 32.6 Å². The summed E-state index contributed by atoms with van der Waals surface area (Å²) in [5.41, 5.74) is 4.12. The summed E-state index contributed by atoms with van der Waals surface area (Å²) in [7, 11) is 2.81. The number of hydrogen-bond donors (Lipinski definition) is 0. The third-order valence-electron chi connectivity index (χ3n) is 7.69. The summed E-state index contributed by atoms with van der Waals surface area (Å²) >= 11 is 0. The van der Waals surface area contributed by atoms with Gasteiger partial charge in [0, 0.05) is 11.3 Å². The lowest BCUT2D eigenvalue weighted by atomic mass is 9.93. The quantitative estimate of drug-likeness (QED) is 0.271. The molecule has 0 saturated carbocycles. The van der Waals surface area contributed by atoms with E-state index in [1.54, 1.807) is 44.4 Å². The molecule has 0 spiro atoms. The zero-order valence-electron chi connectivity index (χ0n) is 24.3. The van der Waals surface area contributed by atoms with E-state index in [-0.39, 0.29) is 10.9 Å². The van der Waals surface area contributed by atoms with Gasteiger partial charge in [0.15, 0.2) is 0 Å². The number of amides is 1. The van der Waals surface area contributed by atoms with Gasteiger partial charge in [-0.25, -0.2) is 0 Å². The highest BCUT2D eigenvalue weighted by Crippen LogP contribution is 2.40. The van der Waals surface area contributed by atoms with Crippen LogP contribution in [0.3, 0.4) is 0 Å². The van der Waals surface area contributed by atoms with Crippen LogP contribution < -0.4 is 23.5 Å². The number of carbonyl (C=O) groups is 1. The van der Waals surface area contributed by atoms with Crippen LogP contribution in [0.25, 0.3) is 5.70 Å². The molecule has 1 aliphatic rings. The molecule has 0 fully saturated rings. The van der Waals surface area contributed by atoms with E-state index in [2.05, 4.69) is 39.9 Å². The molecule has 1 aliphatic carbocycles. The molecule has 0 bridgehead atoms. The van der Waals surface area contributed by atoms with Crippen molar-refractivity contribution in [3.8, 4) is 23.0 Å². The number of carbonyl (C=O) groups excluding carboxylic acids is 1. The second-order valence-corrected chi connectivity index (χ2v) is 15.9. The third kappa shape index (κ3) is 5.83. The molecule has 1 amide bonds. The molecule has 0 saturated heterocycles. The van der Waals surface area contributed by atoms with Crippen molar-refractivity contribution >= 4 is 25.6 Å². The Kier molecular flexibility index (Phi) is 8.11. The van der Waals surface area contributed by atoms with E-state index >= 15 is 0 Å². The molecule has 6 nitrogen and oxygen atoms in total. The highest BCUT2D eigenvalue weighted by atomic mass is 28.4. The third-order valence-corrected chi connectivity index (χ3v) is 12.1. The normalized spacial score (nSPS) is 13.2. The van der Waals surface area contributed by atoms with Gasteiger partial charge >= 0.3 is 0 Å². The Morgan fingerprint density at radius 2 is 1.44 bits per heavy atom. The molecule has 39 heavy (non-hydrogen) atoms. The molecule has 0 atom stereocenters. The second-order valence-electron chi connectivity index (χ2n) is 11.2. The topological polar surface area (TPSA) is 57.2 Å². The summed E-state index contributed by atoms with van der Waals surface area (Å²) in [6, 6.07) is 19.1. The number of allylic oxidation sites excluding steroid dienone is 1. The second kappa shape index (κ2) is 11.2. The first-order chi connectivity index (χ1) is 18.5. The van der Waals surface area contributed by atoms with Gasteiger partial charge < -0.3 is 18.6 Å². The maximum atomic E-state index is 14.4. The van der Waals surface area contributed by atoms with Crippen molar-refractivity contribution in [2.24, 2.45) is 0 Å². The van der Waals surface area contributed by atoms with Crippen LogP contribution in [0.15, 0.2) is 66.7 Å². The molecule has 0 radical (unpaired) electrons. The lowest BCUT2D eigenvalue weighted by molar-refractivity contribution is 0.0996. The molecule has 0 heterocycles. The molecule has 206 valence electrons. The molecule has 3 aromatic rings. The first kappa shape index (κ1) is 28.3. The monoisotopic (exact) mass is 545 g/mol. The van der Waals surface area contributed by atoms with Crippen molar-refractivity contribution in [2.75, 3.05) is 26.2 Å². The number of nitrogens with zero attached hydrogens (tertiary/aromatic N) is 1. The zero-order chi connectivity index (χ0) is 28.4. The highest BCUT2D eigenvalue weighted by molar-refractivity contribution is 6.74. The minimum absolute atomic E-state index is 0.0776. The smallest absolute Gasteiger partial charge is 0.266 e. The Bertz CT molecular complexity index is 1370. The molecule has 7 heteroatoms. The summed E-state index contributed by atoms with van der Waals surface area (Å²) < 4.78 is 23.0. The highest BCUT2D eigenvalue weighted by Gasteiger charge is 2.39. The van der Waals surface area contributed by atoms with Gasteiger partial charge in [-0.3, -0.25) is 9.69 Å². The van der Waals surface area contributed by atoms with E-state index in [1.165, 1.54) is 0 Å². The molecule has 4 rings (SSSR count). The number of rotatable bonds is 8. The standard InChI is InChI=1S/C32H39NO5Si/c1-32(2,3)39(7,8)38-24-14-12-23(13-15-24)33(31(34)28-21-26(36-5)17-19-30(28)37-6)29-11-9-10-22-20-25(35-4)16-18-27(22)29/h11-21H,9-10H2,1-8H3. The maximum Gasteiger partial charge on any atom is 0.266 e. The van der Waals surface area contributed by atoms with Gasteiger partial charge in [0.25, 0.3) is 5.91 Å². The minimum atomic E-state index is -2.01. The Balaban J connectivity index is 1.82. The summed E-state index contributed by atoms with van der Waals surface area (Å²) in [6.07, 6.45) is 3.81. The fraction of sp³-hybridized carbons (Fsp3) is 0.344. The summed E-state index contributed by atoms with van der Waals surface area (Å²) in [6.45, 7) is 11.1. The van der Waals surface area contributed by atoms with Crippen molar-refractivity contribution < 1.29 is 23.4 Å². The fourth-order valence-electron chi connectivity index (χ4n) is 4.42. The summed E-state index contributed by atoms with van der Waals surface area (Å²) in [4.78, 5) is 16.1. The molecule has 0 aromatic heterocycles. The van der Waals surface area contributed by atoms with Crippen LogP contribution in [0.4, 0.5) is 5.69 Å². The van der Waals surface area contributed by atoms with E-state index in [4.69, 9.17) is 18.6 Å². The minimum Gasteiger partial charge on any atom is -0.544 e. The number of anilines is 1. The Labute approximate surface area is 233 Å². The molecular weight excluding hydrogens is 506 g/mol. The summed E-state index contributed by atoms with van der Waals surface area (Å²) in [5, 5.41) is 0.0776. The molecular formula is C32H39NO5Si. The molecule has 0 N–H and O–H groups in total. The van der Waals surface area contributed by atoms with Gasteiger partial charge in [-0.1, -0.05) is 26.8 Å². The fourth-order valence-corrected chi connectivity index (χ4v) is 5.45. The van der Waals surface area contributed by atoms with E-state index in [1.807, 2.05) is 42.5 Å². The van der Waals surface area contributed by atoms with Crippen LogP contribution in [0.1, 0.15) is 48.7 Å². The van der Waals surface area contributed by atoms with Crippen LogP contribution >= 0.6 is 0 Å². The number of ether oxygens (including phenoxy) is 3. The van der Waals surface area contributed by atoms with Crippen LogP contribution in [0.5, 0.6) is 23.0 Å². The van der Waals surface area contributed by atoms with Crippen molar-refractivity contribution in [3.63, 3.8) is 0 Å². The Hall–Kier alpha value is -3.71. The van der Waals surface area contributed by atoms with Crippen LogP contribution in [0, 0.1) is 0 Å². The van der Waals surface area contributed by atoms with Crippen LogP contribution in [0.2, 0.25) is 18.1 Å². The molecule has 0 aliphatic heterocycles. The van der Waals surface area contributed by atoms with Gasteiger partial charge in [-0.2, -0.15) is 0 Å². The predicted molar refractivity (Wildman–Crippen MR) is 160 cm³/mol. The lowest BCUT2D eigenvalue weighted by Crippen LogP contribution is -2.43. The number of benzene rings is 3. The summed E-state index contributed by atoms with van der Waals surface area (Å²) in [5.74, 6) is 2.46. The predicted octanol–water partition coefficient (Wildman–Crippen LogP) is 7.73. The average Bonchev–Trinajstić information content (AvgIpc) is 2.92. The van der Waals surface area contributed by atoms with Crippen molar-refractivity contribution in [3.05, 3.63) is 83.4 Å². The Morgan fingerprint density at radius 3 is 2.05 bits per heavy atom. The first-order valence-corrected chi connectivity index (χ1v) is 16.1. The van der Waals surface area contributed by atoms with E-state index in [9.17, 15) is 4.79 Å². The average molecular weight is 546 g/mol. The van der Waals surface area contributed by atoms with Gasteiger partial charge in [0.1, 0.15) is 23.0 Å². The zero-order valence-corrected chi connectivity index (χ0v) is 25.3. The Morgan fingerprint density at radius 1 is 0.821 bits per heavy atom. The number of fused-ring (bicyclic) bond motifs is 1. The number of hydrogen-bond acceptors (Lipinski definition) is 5. The van der Waals surface area contributed by atoms with Crippen LogP contribution in [-0.2, 0) is 6.42 Å². The van der Waals surface area contributed by atoms with Crippen molar-refractivity contribution in [1.82, 2.24) is 0 Å². The van der Waals surface area contributed by atoms with Crippen molar-refractivity contribution in [1.29, 1.82) is 0 Å². The van der Waals surface area contributed by atoms with E-state index < -0.39 is 8.32 Å². The van der Waals surface area contributed by atoms with E-state index in [0.717, 1.165) is 46.9 Å². The van der Waals surface area contributed by atoms with Crippen LogP contribution in [-0.4, -0.2) is 35.6 Å². The van der Waals surface area contributed by atoms with Gasteiger partial charge in [-0.15, -0.1) is 0 Å².